The van der Waals surface area contributed by atoms with Gasteiger partial charge in [-0.15, -0.1) is 0 Å². The predicted molar refractivity (Wildman–Crippen MR) is 114 cm³/mol. The highest BCUT2D eigenvalue weighted by Gasteiger charge is 2.12. The van der Waals surface area contributed by atoms with Gasteiger partial charge in [-0.3, -0.25) is 10.1 Å². The molecule has 3 rings (SSSR count). The molecule has 1 aliphatic heterocycles. The molecule has 1 amide bonds. The van der Waals surface area contributed by atoms with Crippen LogP contribution in [0.3, 0.4) is 0 Å². The molecule has 1 fully saturated rings. The maximum absolute atomic E-state index is 12.4. The lowest BCUT2D eigenvalue weighted by molar-refractivity contribution is 0.0977. The van der Waals surface area contributed by atoms with Crippen LogP contribution < -0.4 is 20.3 Å². The molecule has 0 radical (unpaired) electrons. The molecule has 1 aliphatic rings. The van der Waals surface area contributed by atoms with E-state index in [4.69, 9.17) is 17.0 Å². The van der Waals surface area contributed by atoms with Gasteiger partial charge < -0.3 is 15.0 Å². The second-order valence-corrected chi connectivity index (χ2v) is 6.87. The molecule has 6 heteroatoms. The normalized spacial score (nSPS) is 13.7. The number of thiocarbonyl (C=S) groups is 1. The standard InChI is InChI=1S/C21H25N3O2S/c1-2-26-19-8-6-7-16(15-19)20(25)23-21(27)22-17-9-11-18(12-10-17)24-13-4-3-5-14-24/h6-12,15H,2-5,13-14H2,1H3,(H2,22,23,25,27). The number of carbonyl (C=O) groups excluding carboxylic acids is 1. The number of amides is 1. The minimum absolute atomic E-state index is 0.265. The van der Waals surface area contributed by atoms with E-state index < -0.39 is 0 Å². The average molecular weight is 384 g/mol. The van der Waals surface area contributed by atoms with Gasteiger partial charge in [0.25, 0.3) is 5.91 Å². The Morgan fingerprint density at radius 1 is 1.11 bits per heavy atom. The van der Waals surface area contributed by atoms with Gasteiger partial charge in [0, 0.05) is 30.0 Å². The largest absolute Gasteiger partial charge is 0.494 e. The molecule has 1 saturated heterocycles. The molecule has 5 nitrogen and oxygen atoms in total. The molecule has 1 heterocycles. The predicted octanol–water partition coefficient (Wildman–Crippen LogP) is 4.20. The maximum atomic E-state index is 12.4. The molecule has 27 heavy (non-hydrogen) atoms. The van der Waals surface area contributed by atoms with Crippen molar-refractivity contribution in [2.75, 3.05) is 29.9 Å². The molecule has 0 atom stereocenters. The van der Waals surface area contributed by atoms with Crippen molar-refractivity contribution in [2.45, 2.75) is 26.2 Å². The lowest BCUT2D eigenvalue weighted by Crippen LogP contribution is -2.34. The van der Waals surface area contributed by atoms with Crippen LogP contribution in [-0.2, 0) is 0 Å². The van der Waals surface area contributed by atoms with Crippen molar-refractivity contribution in [1.29, 1.82) is 0 Å². The van der Waals surface area contributed by atoms with Gasteiger partial charge in [0.1, 0.15) is 5.75 Å². The van der Waals surface area contributed by atoms with Crippen LogP contribution in [0, 0.1) is 0 Å². The van der Waals surface area contributed by atoms with Crippen molar-refractivity contribution in [1.82, 2.24) is 5.32 Å². The van der Waals surface area contributed by atoms with E-state index >= 15 is 0 Å². The van der Waals surface area contributed by atoms with Gasteiger partial charge in [0.05, 0.1) is 6.61 Å². The highest BCUT2D eigenvalue weighted by molar-refractivity contribution is 7.80. The molecule has 2 aromatic carbocycles. The lowest BCUT2D eigenvalue weighted by atomic mass is 10.1. The molecule has 2 aromatic rings. The van der Waals surface area contributed by atoms with Gasteiger partial charge in [0.2, 0.25) is 0 Å². The van der Waals surface area contributed by atoms with Crippen LogP contribution in [0.15, 0.2) is 48.5 Å². The number of anilines is 2. The van der Waals surface area contributed by atoms with E-state index in [1.807, 2.05) is 25.1 Å². The summed E-state index contributed by atoms with van der Waals surface area (Å²) in [6.07, 6.45) is 3.82. The number of piperidine rings is 1. The van der Waals surface area contributed by atoms with Gasteiger partial charge in [-0.05, 0) is 80.9 Å². The summed E-state index contributed by atoms with van der Waals surface area (Å²) in [5, 5.41) is 6.04. The van der Waals surface area contributed by atoms with Crippen molar-refractivity contribution in [2.24, 2.45) is 0 Å². The number of ether oxygens (including phenoxy) is 1. The van der Waals surface area contributed by atoms with E-state index in [0.29, 0.717) is 17.9 Å². The summed E-state index contributed by atoms with van der Waals surface area (Å²) < 4.78 is 5.43. The summed E-state index contributed by atoms with van der Waals surface area (Å²) >= 11 is 5.27. The number of rotatable bonds is 5. The van der Waals surface area contributed by atoms with E-state index in [9.17, 15) is 4.79 Å². The third-order valence-electron chi connectivity index (χ3n) is 4.48. The monoisotopic (exact) mass is 383 g/mol. The molecule has 142 valence electrons. The van der Waals surface area contributed by atoms with Crippen LogP contribution in [0.25, 0.3) is 0 Å². The molecular weight excluding hydrogens is 358 g/mol. The molecule has 0 aromatic heterocycles. The molecule has 2 N–H and O–H groups in total. The number of hydrogen-bond acceptors (Lipinski definition) is 4. The Hall–Kier alpha value is -2.60. The smallest absolute Gasteiger partial charge is 0.257 e. The van der Waals surface area contributed by atoms with Crippen LogP contribution >= 0.6 is 12.2 Å². The topological polar surface area (TPSA) is 53.6 Å². The summed E-state index contributed by atoms with van der Waals surface area (Å²) in [7, 11) is 0. The molecule has 0 spiro atoms. The summed E-state index contributed by atoms with van der Waals surface area (Å²) in [4.78, 5) is 14.8. The second-order valence-electron chi connectivity index (χ2n) is 6.46. The fourth-order valence-corrected chi connectivity index (χ4v) is 3.35. The first-order chi connectivity index (χ1) is 13.2. The van der Waals surface area contributed by atoms with Crippen molar-refractivity contribution >= 4 is 34.6 Å². The number of nitrogens with zero attached hydrogens (tertiary/aromatic N) is 1. The van der Waals surface area contributed by atoms with Crippen LogP contribution in [0.4, 0.5) is 11.4 Å². The zero-order chi connectivity index (χ0) is 19.1. The van der Waals surface area contributed by atoms with Crippen LogP contribution in [0.5, 0.6) is 5.75 Å². The average Bonchev–Trinajstić information content (AvgIpc) is 2.69. The Morgan fingerprint density at radius 2 is 1.85 bits per heavy atom. The van der Waals surface area contributed by atoms with E-state index in [0.717, 1.165) is 18.8 Å². The van der Waals surface area contributed by atoms with Crippen LogP contribution in [0.2, 0.25) is 0 Å². The molecule has 0 bridgehead atoms. The van der Waals surface area contributed by atoms with Crippen molar-refractivity contribution < 1.29 is 9.53 Å². The highest BCUT2D eigenvalue weighted by Crippen LogP contribution is 2.21. The first-order valence-corrected chi connectivity index (χ1v) is 9.77. The molecule has 0 aliphatic carbocycles. The third kappa shape index (κ3) is 5.44. The van der Waals surface area contributed by atoms with Crippen molar-refractivity contribution in [3.05, 3.63) is 54.1 Å². The minimum atomic E-state index is -0.265. The first-order valence-electron chi connectivity index (χ1n) is 9.36. The fourth-order valence-electron chi connectivity index (χ4n) is 3.14. The van der Waals surface area contributed by atoms with Crippen LogP contribution in [0.1, 0.15) is 36.5 Å². The Labute approximate surface area is 165 Å². The Bertz CT molecular complexity index is 786. The second kappa shape index (κ2) is 9.37. The van der Waals surface area contributed by atoms with Crippen LogP contribution in [-0.4, -0.2) is 30.7 Å². The molecule has 0 unspecified atom stereocenters. The van der Waals surface area contributed by atoms with E-state index in [1.54, 1.807) is 18.2 Å². The molecule has 0 saturated carbocycles. The van der Waals surface area contributed by atoms with Gasteiger partial charge in [-0.1, -0.05) is 6.07 Å². The summed E-state index contributed by atoms with van der Waals surface area (Å²) in [5.41, 5.74) is 2.58. The molecular formula is C21H25N3O2S. The number of nitrogens with one attached hydrogen (secondary N) is 2. The highest BCUT2D eigenvalue weighted by atomic mass is 32.1. The quantitative estimate of drug-likeness (QED) is 0.758. The van der Waals surface area contributed by atoms with Crippen molar-refractivity contribution in [3.8, 4) is 5.75 Å². The summed E-state index contributed by atoms with van der Waals surface area (Å²) in [5.74, 6) is 0.399. The number of benzene rings is 2. The number of carbonyl (C=O) groups is 1. The first kappa shape index (κ1) is 19.2. The van der Waals surface area contributed by atoms with Gasteiger partial charge >= 0.3 is 0 Å². The van der Waals surface area contributed by atoms with Gasteiger partial charge in [-0.2, -0.15) is 0 Å². The number of hydrogen-bond donors (Lipinski definition) is 2. The zero-order valence-electron chi connectivity index (χ0n) is 15.5. The lowest BCUT2D eigenvalue weighted by Gasteiger charge is -2.28. The Morgan fingerprint density at radius 3 is 2.56 bits per heavy atom. The third-order valence-corrected chi connectivity index (χ3v) is 4.68. The fraction of sp³-hybridized carbons (Fsp3) is 0.333. The van der Waals surface area contributed by atoms with E-state index in [1.165, 1.54) is 24.9 Å². The Kier molecular flexibility index (Phi) is 6.65. The SMILES string of the molecule is CCOc1cccc(C(=O)NC(=S)Nc2ccc(N3CCCCC3)cc2)c1. The van der Waals surface area contributed by atoms with E-state index in [-0.39, 0.29) is 11.0 Å². The van der Waals surface area contributed by atoms with E-state index in [2.05, 4.69) is 27.7 Å². The Balaban J connectivity index is 1.55. The minimum Gasteiger partial charge on any atom is -0.494 e. The zero-order valence-corrected chi connectivity index (χ0v) is 16.3. The van der Waals surface area contributed by atoms with Gasteiger partial charge in [-0.25, -0.2) is 0 Å². The maximum Gasteiger partial charge on any atom is 0.257 e. The van der Waals surface area contributed by atoms with Gasteiger partial charge in [0.15, 0.2) is 5.11 Å². The van der Waals surface area contributed by atoms with Crippen molar-refractivity contribution in [3.63, 3.8) is 0 Å². The summed E-state index contributed by atoms with van der Waals surface area (Å²) in [6, 6.07) is 15.2. The summed E-state index contributed by atoms with van der Waals surface area (Å²) in [6.45, 7) is 4.69.